The zero-order valence-corrected chi connectivity index (χ0v) is 15.9. The smallest absolute Gasteiger partial charge is 0.284 e. The molecule has 1 aromatic carbocycles. The van der Waals surface area contributed by atoms with Crippen LogP contribution in [0.4, 0.5) is 18.9 Å². The van der Waals surface area contributed by atoms with Crippen molar-refractivity contribution < 1.29 is 27.4 Å². The van der Waals surface area contributed by atoms with Gasteiger partial charge in [-0.15, -0.1) is 6.42 Å². The predicted octanol–water partition coefficient (Wildman–Crippen LogP) is 1.20. The zero-order valence-electron chi connectivity index (χ0n) is 15.9. The van der Waals surface area contributed by atoms with Gasteiger partial charge in [-0.05, 0) is 6.07 Å². The molecule has 1 aliphatic rings. The summed E-state index contributed by atoms with van der Waals surface area (Å²) in [5, 5.41) is 2.35. The van der Waals surface area contributed by atoms with Gasteiger partial charge in [0.2, 0.25) is 5.88 Å². The third kappa shape index (κ3) is 4.67. The van der Waals surface area contributed by atoms with Crippen molar-refractivity contribution in [2.75, 3.05) is 18.6 Å². The number of carbonyl (C=O) groups is 1. The average molecular weight is 434 g/mol. The molecule has 0 unspecified atom stereocenters. The Morgan fingerprint density at radius 2 is 2.16 bits per heavy atom. The molecule has 0 radical (unpaired) electrons. The first-order valence-electron chi connectivity index (χ1n) is 8.80. The van der Waals surface area contributed by atoms with Crippen LogP contribution in [0.25, 0.3) is 0 Å². The Hall–Kier alpha value is -3.85. The lowest BCUT2D eigenvalue weighted by molar-refractivity contribution is 0.101. The Balaban J connectivity index is 1.90. The number of hydrogen-bond acceptors (Lipinski definition) is 8. The predicted molar refractivity (Wildman–Crippen MR) is 104 cm³/mol. The number of benzene rings is 1. The lowest BCUT2D eigenvalue weighted by Crippen LogP contribution is -2.46. The fourth-order valence-electron chi connectivity index (χ4n) is 2.96. The molecular weight excluding hydrogens is 417 g/mol. The second-order valence-electron chi connectivity index (χ2n) is 6.48. The molecule has 1 aromatic heterocycles. The van der Waals surface area contributed by atoms with Crippen molar-refractivity contribution >= 4 is 17.6 Å². The standard InChI is InChI=1S/C19H17F3N6O3/c1-2-3-30-15-8-25-13(7-26-15)17(29)27-10-4-11(16(22)12(21)5-10)19(9-20)6-14(23)31-18(24)28-19/h1,4-5,7-8,14H,3,6,9,23H2,(H2,24,28)(H,27,29)/t14-,19-/m0/s1. The minimum atomic E-state index is -1.91. The first-order valence-corrected chi connectivity index (χ1v) is 8.80. The highest BCUT2D eigenvalue weighted by atomic mass is 19.2. The SMILES string of the molecule is C#CCOc1cnc(C(=O)Nc2cc(F)c(F)c([C@@]3(CF)C[C@@H](N)OC(N)=N3)c2)cn1. The lowest BCUT2D eigenvalue weighted by Gasteiger charge is -2.34. The highest BCUT2D eigenvalue weighted by Gasteiger charge is 2.42. The molecule has 9 nitrogen and oxygen atoms in total. The van der Waals surface area contributed by atoms with Gasteiger partial charge in [-0.25, -0.2) is 28.1 Å². The van der Waals surface area contributed by atoms with Gasteiger partial charge in [0.25, 0.3) is 11.9 Å². The highest BCUT2D eigenvalue weighted by molar-refractivity contribution is 6.02. The van der Waals surface area contributed by atoms with E-state index in [0.29, 0.717) is 0 Å². The van der Waals surface area contributed by atoms with Crippen molar-refractivity contribution in [3.05, 3.63) is 47.4 Å². The number of alkyl halides is 1. The van der Waals surface area contributed by atoms with Crippen LogP contribution in [0.5, 0.6) is 5.88 Å². The number of hydrogen-bond donors (Lipinski definition) is 3. The second-order valence-corrected chi connectivity index (χ2v) is 6.48. The van der Waals surface area contributed by atoms with Crippen molar-refractivity contribution in [3.8, 4) is 18.2 Å². The maximum Gasteiger partial charge on any atom is 0.284 e. The number of nitrogens with two attached hydrogens (primary N) is 2. The number of anilines is 1. The first-order chi connectivity index (χ1) is 14.8. The minimum Gasteiger partial charge on any atom is -0.463 e. The van der Waals surface area contributed by atoms with Crippen molar-refractivity contribution in [2.45, 2.75) is 18.2 Å². The number of nitrogens with zero attached hydrogens (tertiary/aromatic N) is 3. The maximum absolute atomic E-state index is 14.6. The average Bonchev–Trinajstić information content (AvgIpc) is 2.74. The molecule has 0 saturated carbocycles. The maximum atomic E-state index is 14.6. The summed E-state index contributed by atoms with van der Waals surface area (Å²) in [7, 11) is 0. The number of aromatic nitrogens is 2. The fourth-order valence-corrected chi connectivity index (χ4v) is 2.96. The molecule has 0 saturated heterocycles. The molecule has 1 aliphatic heterocycles. The minimum absolute atomic E-state index is 0.0319. The van der Waals surface area contributed by atoms with Crippen molar-refractivity contribution in [1.29, 1.82) is 0 Å². The van der Waals surface area contributed by atoms with Crippen LogP contribution >= 0.6 is 0 Å². The summed E-state index contributed by atoms with van der Waals surface area (Å²) < 4.78 is 52.8. The number of carbonyl (C=O) groups excluding carboxylic acids is 1. The quantitative estimate of drug-likeness (QED) is 0.581. The van der Waals surface area contributed by atoms with Crippen LogP contribution in [0.2, 0.25) is 0 Å². The van der Waals surface area contributed by atoms with Crippen LogP contribution in [0.3, 0.4) is 0 Å². The zero-order chi connectivity index (χ0) is 22.6. The number of terminal acetylenes is 1. The monoisotopic (exact) mass is 434 g/mol. The number of aliphatic imine (C=N–C) groups is 1. The van der Waals surface area contributed by atoms with Crippen LogP contribution in [0, 0.1) is 24.0 Å². The van der Waals surface area contributed by atoms with Gasteiger partial charge in [0, 0.05) is 23.7 Å². The van der Waals surface area contributed by atoms with E-state index in [0.717, 1.165) is 18.3 Å². The number of rotatable bonds is 6. The topological polar surface area (TPSA) is 138 Å². The molecular formula is C19H17F3N6O3. The van der Waals surface area contributed by atoms with E-state index in [1.54, 1.807) is 0 Å². The third-order valence-electron chi connectivity index (χ3n) is 4.31. The van der Waals surface area contributed by atoms with Crippen molar-refractivity contribution in [2.24, 2.45) is 16.5 Å². The van der Waals surface area contributed by atoms with Crippen LogP contribution < -0.4 is 21.5 Å². The summed E-state index contributed by atoms with van der Waals surface area (Å²) in [6.45, 7) is -1.26. The molecule has 3 rings (SSSR count). The summed E-state index contributed by atoms with van der Waals surface area (Å²) in [5.41, 5.74) is 8.46. The Morgan fingerprint density at radius 3 is 2.77 bits per heavy atom. The summed E-state index contributed by atoms with van der Waals surface area (Å²) in [6, 6.07) is 1.31. The van der Waals surface area contributed by atoms with E-state index in [1.165, 1.54) is 6.20 Å². The molecule has 2 aromatic rings. The molecule has 5 N–H and O–H groups in total. The summed E-state index contributed by atoms with van der Waals surface area (Å²) in [5.74, 6) is -1.12. The molecule has 162 valence electrons. The van der Waals surface area contributed by atoms with Gasteiger partial charge in [-0.2, -0.15) is 0 Å². The summed E-state index contributed by atoms with van der Waals surface area (Å²) in [6.07, 6.45) is 5.95. The van der Waals surface area contributed by atoms with Crippen LogP contribution in [-0.4, -0.2) is 41.4 Å². The van der Waals surface area contributed by atoms with Crippen molar-refractivity contribution in [1.82, 2.24) is 9.97 Å². The van der Waals surface area contributed by atoms with Gasteiger partial charge in [-0.1, -0.05) is 5.92 Å². The Bertz CT molecular complexity index is 1060. The van der Waals surface area contributed by atoms with Crippen molar-refractivity contribution in [3.63, 3.8) is 0 Å². The largest absolute Gasteiger partial charge is 0.463 e. The second kappa shape index (κ2) is 8.88. The van der Waals surface area contributed by atoms with Gasteiger partial charge in [0.15, 0.2) is 24.5 Å². The molecule has 0 spiro atoms. The van der Waals surface area contributed by atoms with Gasteiger partial charge in [0.1, 0.15) is 17.9 Å². The molecule has 1 amide bonds. The molecule has 2 heterocycles. The Labute approximate surface area is 174 Å². The molecule has 0 bridgehead atoms. The Morgan fingerprint density at radius 1 is 1.39 bits per heavy atom. The van der Waals surface area contributed by atoms with E-state index in [-0.39, 0.29) is 30.3 Å². The van der Waals surface area contributed by atoms with Crippen LogP contribution in [-0.2, 0) is 10.3 Å². The van der Waals surface area contributed by atoms with E-state index in [1.807, 2.05) is 0 Å². The third-order valence-corrected chi connectivity index (χ3v) is 4.31. The molecule has 0 aliphatic carbocycles. The van der Waals surface area contributed by atoms with Crippen LogP contribution in [0.15, 0.2) is 29.5 Å². The van der Waals surface area contributed by atoms with Gasteiger partial charge < -0.3 is 20.5 Å². The fraction of sp³-hybridized carbons (Fsp3) is 0.263. The highest BCUT2D eigenvalue weighted by Crippen LogP contribution is 2.38. The molecule has 31 heavy (non-hydrogen) atoms. The van der Waals surface area contributed by atoms with Crippen LogP contribution in [0.1, 0.15) is 22.5 Å². The van der Waals surface area contributed by atoms with Gasteiger partial charge >= 0.3 is 0 Å². The summed E-state index contributed by atoms with van der Waals surface area (Å²) in [4.78, 5) is 23.9. The number of ether oxygens (including phenoxy) is 2. The molecule has 0 fully saturated rings. The van der Waals surface area contributed by atoms with E-state index in [9.17, 15) is 18.0 Å². The first kappa shape index (κ1) is 21.8. The van der Waals surface area contributed by atoms with Gasteiger partial charge in [0.05, 0.1) is 12.4 Å². The number of amides is 1. The van der Waals surface area contributed by atoms with E-state index < -0.39 is 47.6 Å². The van der Waals surface area contributed by atoms with Gasteiger partial charge in [-0.3, -0.25) is 10.5 Å². The van der Waals surface area contributed by atoms with E-state index >= 15 is 0 Å². The molecule has 2 atom stereocenters. The number of halogens is 3. The molecule has 12 heteroatoms. The lowest BCUT2D eigenvalue weighted by atomic mass is 9.86. The number of amidine groups is 1. The Kier molecular flexibility index (Phi) is 6.26. The summed E-state index contributed by atoms with van der Waals surface area (Å²) >= 11 is 0. The normalized spacial score (nSPS) is 20.2. The van der Waals surface area contributed by atoms with E-state index in [4.69, 9.17) is 27.4 Å². The number of nitrogens with one attached hydrogen (secondary N) is 1. The van der Waals surface area contributed by atoms with E-state index in [2.05, 4.69) is 26.2 Å².